The van der Waals surface area contributed by atoms with Gasteiger partial charge < -0.3 is 19.5 Å². The van der Waals surface area contributed by atoms with Gasteiger partial charge in [-0.3, -0.25) is 0 Å². The first-order chi connectivity index (χ1) is 9.96. The van der Waals surface area contributed by atoms with Crippen LogP contribution in [0.2, 0.25) is 0 Å². The molecule has 0 radical (unpaired) electrons. The average molecular weight is 315 g/mol. The predicted octanol–water partition coefficient (Wildman–Crippen LogP) is 1.94. The lowest BCUT2D eigenvalue weighted by molar-refractivity contribution is 0.0868. The van der Waals surface area contributed by atoms with Crippen LogP contribution in [0.3, 0.4) is 0 Å². The third-order valence-corrected chi connectivity index (χ3v) is 3.89. The molecule has 0 amide bonds. The minimum Gasteiger partial charge on any atom is -0.472 e. The van der Waals surface area contributed by atoms with Gasteiger partial charge in [-0.1, -0.05) is 20.8 Å². The highest BCUT2D eigenvalue weighted by atomic mass is 32.1. The molecule has 0 spiro atoms. The van der Waals surface area contributed by atoms with Crippen LogP contribution in [0.15, 0.2) is 0 Å². The van der Waals surface area contributed by atoms with E-state index in [2.05, 4.69) is 34.4 Å². The minimum absolute atomic E-state index is 0.224. The maximum atomic E-state index is 10.0. The van der Waals surface area contributed by atoms with Gasteiger partial charge in [-0.05, 0) is 18.3 Å². The van der Waals surface area contributed by atoms with E-state index in [0.717, 1.165) is 43.5 Å². The molecule has 1 N–H and O–H groups in total. The highest BCUT2D eigenvalue weighted by Crippen LogP contribution is 2.27. The molecule has 1 saturated heterocycles. The fraction of sp³-hybridized carbons (Fsp3) is 0.857. The smallest absolute Gasteiger partial charge is 0.270 e. The summed E-state index contributed by atoms with van der Waals surface area (Å²) < 4.78 is 19.5. The van der Waals surface area contributed by atoms with Crippen LogP contribution >= 0.6 is 11.7 Å². The Balaban J connectivity index is 1.82. The van der Waals surface area contributed by atoms with E-state index in [9.17, 15) is 5.11 Å². The maximum absolute atomic E-state index is 10.0. The number of morpholine rings is 1. The van der Waals surface area contributed by atoms with E-state index < -0.39 is 6.10 Å². The van der Waals surface area contributed by atoms with Gasteiger partial charge in [0.05, 0.1) is 31.0 Å². The number of anilines is 1. The number of aromatic nitrogens is 2. The van der Waals surface area contributed by atoms with Crippen molar-refractivity contribution in [3.05, 3.63) is 0 Å². The zero-order valence-electron chi connectivity index (χ0n) is 13.0. The first kappa shape index (κ1) is 16.5. The Bertz CT molecular complexity index is 427. The van der Waals surface area contributed by atoms with E-state index in [-0.39, 0.29) is 12.0 Å². The van der Waals surface area contributed by atoms with Gasteiger partial charge in [-0.2, -0.15) is 4.37 Å². The lowest BCUT2D eigenvalue weighted by atomic mass is 9.89. The summed E-state index contributed by atoms with van der Waals surface area (Å²) in [5.41, 5.74) is 0.224. The molecule has 1 fully saturated rings. The second-order valence-corrected chi connectivity index (χ2v) is 7.09. The van der Waals surface area contributed by atoms with E-state index in [1.54, 1.807) is 0 Å². The molecule has 1 unspecified atom stereocenters. The molecule has 2 rings (SSSR count). The molecule has 0 aromatic carbocycles. The van der Waals surface area contributed by atoms with Crippen molar-refractivity contribution >= 4 is 17.5 Å². The summed E-state index contributed by atoms with van der Waals surface area (Å²) in [5, 5.41) is 10.0. The number of hydrogen-bond acceptors (Lipinski definition) is 7. The molecular formula is C14H25N3O3S. The molecule has 1 atom stereocenters. The third kappa shape index (κ3) is 5.41. The molecular weight excluding hydrogens is 290 g/mol. The molecule has 7 heteroatoms. The quantitative estimate of drug-likeness (QED) is 0.865. The Labute approximate surface area is 130 Å². The summed E-state index contributed by atoms with van der Waals surface area (Å²) in [6, 6.07) is 0. The molecule has 0 aliphatic carbocycles. The van der Waals surface area contributed by atoms with Crippen molar-refractivity contribution in [2.24, 2.45) is 5.41 Å². The third-order valence-electron chi connectivity index (χ3n) is 3.39. The molecule has 6 nitrogen and oxygen atoms in total. The van der Waals surface area contributed by atoms with Gasteiger partial charge >= 0.3 is 0 Å². The summed E-state index contributed by atoms with van der Waals surface area (Å²) in [7, 11) is 0. The van der Waals surface area contributed by atoms with Crippen molar-refractivity contribution in [2.75, 3.05) is 37.8 Å². The van der Waals surface area contributed by atoms with E-state index in [0.29, 0.717) is 19.1 Å². The van der Waals surface area contributed by atoms with E-state index >= 15 is 0 Å². The predicted molar refractivity (Wildman–Crippen MR) is 83.1 cm³/mol. The maximum Gasteiger partial charge on any atom is 0.270 e. The van der Waals surface area contributed by atoms with Crippen molar-refractivity contribution in [2.45, 2.75) is 39.7 Å². The van der Waals surface area contributed by atoms with Crippen molar-refractivity contribution in [3.8, 4) is 5.88 Å². The highest BCUT2D eigenvalue weighted by molar-refractivity contribution is 6.99. The molecule has 0 saturated carbocycles. The first-order valence-corrected chi connectivity index (χ1v) is 8.15. The topological polar surface area (TPSA) is 67.7 Å². The zero-order valence-corrected chi connectivity index (χ0v) is 13.9. The van der Waals surface area contributed by atoms with Crippen LogP contribution in [-0.2, 0) is 4.74 Å². The standard InChI is InChI=1S/C14H25N3O3S/c1-14(2,3)5-4-11(18)10-20-13-12(15-21-16-13)17-6-8-19-9-7-17/h11,18H,4-10H2,1-3H3. The number of hydrogen-bond donors (Lipinski definition) is 1. The van der Waals surface area contributed by atoms with Gasteiger partial charge in [-0.15, -0.1) is 4.37 Å². The number of ether oxygens (including phenoxy) is 2. The first-order valence-electron chi connectivity index (χ1n) is 7.42. The Morgan fingerprint density at radius 1 is 1.33 bits per heavy atom. The summed E-state index contributed by atoms with van der Waals surface area (Å²) in [4.78, 5) is 2.11. The van der Waals surface area contributed by atoms with Gasteiger partial charge in [0.1, 0.15) is 6.61 Å². The minimum atomic E-state index is -0.469. The summed E-state index contributed by atoms with van der Waals surface area (Å²) >= 11 is 1.14. The number of aliphatic hydroxyl groups is 1. The van der Waals surface area contributed by atoms with Crippen LogP contribution in [-0.4, -0.2) is 52.9 Å². The van der Waals surface area contributed by atoms with Gasteiger partial charge in [0, 0.05) is 13.1 Å². The fourth-order valence-electron chi connectivity index (χ4n) is 2.09. The Morgan fingerprint density at radius 3 is 2.71 bits per heavy atom. The van der Waals surface area contributed by atoms with Crippen LogP contribution < -0.4 is 9.64 Å². The number of aliphatic hydroxyl groups excluding tert-OH is 1. The van der Waals surface area contributed by atoms with Crippen molar-refractivity contribution in [1.82, 2.24) is 8.75 Å². The number of rotatable bonds is 6. The molecule has 2 heterocycles. The van der Waals surface area contributed by atoms with Crippen LogP contribution in [0, 0.1) is 5.41 Å². The summed E-state index contributed by atoms with van der Waals surface area (Å²) in [6.45, 7) is 9.77. The SMILES string of the molecule is CC(C)(C)CCC(O)COc1nsnc1N1CCOCC1. The van der Waals surface area contributed by atoms with Crippen molar-refractivity contribution in [3.63, 3.8) is 0 Å². The monoisotopic (exact) mass is 315 g/mol. The van der Waals surface area contributed by atoms with Gasteiger partial charge in [0.15, 0.2) is 0 Å². The lowest BCUT2D eigenvalue weighted by Gasteiger charge is -2.27. The van der Waals surface area contributed by atoms with Crippen LogP contribution in [0.4, 0.5) is 5.82 Å². The second kappa shape index (κ2) is 7.38. The summed E-state index contributed by atoms with van der Waals surface area (Å²) in [6.07, 6.45) is 1.22. The lowest BCUT2D eigenvalue weighted by Crippen LogP contribution is -2.36. The Kier molecular flexibility index (Phi) is 5.78. The highest BCUT2D eigenvalue weighted by Gasteiger charge is 2.21. The van der Waals surface area contributed by atoms with E-state index in [4.69, 9.17) is 9.47 Å². The van der Waals surface area contributed by atoms with Crippen LogP contribution in [0.1, 0.15) is 33.6 Å². The van der Waals surface area contributed by atoms with E-state index in [1.807, 2.05) is 0 Å². The van der Waals surface area contributed by atoms with Crippen LogP contribution in [0.5, 0.6) is 5.88 Å². The van der Waals surface area contributed by atoms with Crippen LogP contribution in [0.25, 0.3) is 0 Å². The van der Waals surface area contributed by atoms with Gasteiger partial charge in [0.2, 0.25) is 5.82 Å². The van der Waals surface area contributed by atoms with Gasteiger partial charge in [-0.25, -0.2) is 0 Å². The van der Waals surface area contributed by atoms with Gasteiger partial charge in [0.25, 0.3) is 5.88 Å². The molecule has 1 aromatic heterocycles. The zero-order chi connectivity index (χ0) is 15.3. The molecule has 0 bridgehead atoms. The van der Waals surface area contributed by atoms with Crippen molar-refractivity contribution < 1.29 is 14.6 Å². The Morgan fingerprint density at radius 2 is 2.05 bits per heavy atom. The normalized spacial score (nSPS) is 17.8. The fourth-order valence-corrected chi connectivity index (χ4v) is 2.61. The van der Waals surface area contributed by atoms with E-state index in [1.165, 1.54) is 0 Å². The number of nitrogens with zero attached hydrogens (tertiary/aromatic N) is 3. The van der Waals surface area contributed by atoms with Crippen molar-refractivity contribution in [1.29, 1.82) is 0 Å². The largest absolute Gasteiger partial charge is 0.472 e. The molecule has 1 aliphatic rings. The second-order valence-electron chi connectivity index (χ2n) is 6.56. The molecule has 21 heavy (non-hydrogen) atoms. The Hall–Kier alpha value is -0.920. The average Bonchev–Trinajstić information content (AvgIpc) is 2.91. The molecule has 1 aromatic rings. The molecule has 1 aliphatic heterocycles. The molecule has 120 valence electrons. The summed E-state index contributed by atoms with van der Waals surface area (Å²) in [5.74, 6) is 1.29.